The predicted molar refractivity (Wildman–Crippen MR) is 123 cm³/mol. The van der Waals surface area contributed by atoms with E-state index >= 15 is 0 Å². The number of hydrogen-bond donors (Lipinski definition) is 1. The fourth-order valence-electron chi connectivity index (χ4n) is 2.90. The van der Waals surface area contributed by atoms with Crippen LogP contribution in [0.15, 0.2) is 88.9 Å². The van der Waals surface area contributed by atoms with Crippen molar-refractivity contribution >= 4 is 27.8 Å². The lowest BCUT2D eigenvalue weighted by Gasteiger charge is -2.24. The molecule has 3 rings (SSSR count). The second-order valence-electron chi connectivity index (χ2n) is 6.57. The van der Waals surface area contributed by atoms with E-state index in [-0.39, 0.29) is 10.6 Å². The van der Waals surface area contributed by atoms with Crippen LogP contribution in [-0.2, 0) is 14.8 Å². The first-order valence-electron chi connectivity index (χ1n) is 9.62. The highest BCUT2D eigenvalue weighted by Gasteiger charge is 2.28. The van der Waals surface area contributed by atoms with Gasteiger partial charge in [0.15, 0.2) is 11.5 Å². The summed E-state index contributed by atoms with van der Waals surface area (Å²) in [5, 5.41) is 3.91. The number of nitrogens with one attached hydrogen (secondary N) is 1. The number of hydrogen-bond acceptors (Lipinski definition) is 6. The van der Waals surface area contributed by atoms with Gasteiger partial charge in [0.2, 0.25) is 0 Å². The first kappa shape index (κ1) is 22.8. The van der Waals surface area contributed by atoms with E-state index in [1.54, 1.807) is 30.3 Å². The molecule has 0 aliphatic carbocycles. The Morgan fingerprint density at radius 2 is 1.56 bits per heavy atom. The van der Waals surface area contributed by atoms with E-state index in [2.05, 4.69) is 10.5 Å². The number of amides is 1. The number of carbonyl (C=O) groups excluding carboxylic acids is 1. The molecule has 3 aromatic carbocycles. The van der Waals surface area contributed by atoms with Crippen LogP contribution in [0, 0.1) is 0 Å². The number of hydrazone groups is 1. The van der Waals surface area contributed by atoms with Gasteiger partial charge in [-0.2, -0.15) is 5.10 Å². The number of ether oxygens (including phenoxy) is 2. The van der Waals surface area contributed by atoms with Crippen molar-refractivity contribution in [3.8, 4) is 11.5 Å². The number of methoxy groups -OCH3 is 2. The van der Waals surface area contributed by atoms with Gasteiger partial charge in [-0.15, -0.1) is 0 Å². The Labute approximate surface area is 187 Å². The highest BCUT2D eigenvalue weighted by Crippen LogP contribution is 2.32. The third-order valence-electron chi connectivity index (χ3n) is 4.48. The Balaban J connectivity index is 1.87. The van der Waals surface area contributed by atoms with Crippen LogP contribution >= 0.6 is 0 Å². The molecule has 0 spiro atoms. The van der Waals surface area contributed by atoms with Crippen LogP contribution in [0.3, 0.4) is 0 Å². The minimum Gasteiger partial charge on any atom is -0.493 e. The predicted octanol–water partition coefficient (Wildman–Crippen LogP) is 3.05. The van der Waals surface area contributed by atoms with E-state index < -0.39 is 22.5 Å². The zero-order valence-corrected chi connectivity index (χ0v) is 18.5. The average Bonchev–Trinajstić information content (AvgIpc) is 2.83. The summed E-state index contributed by atoms with van der Waals surface area (Å²) in [5.74, 6) is 0.0642. The molecule has 1 amide bonds. The summed E-state index contributed by atoms with van der Waals surface area (Å²) < 4.78 is 38.3. The molecule has 166 valence electrons. The number of rotatable bonds is 9. The van der Waals surface area contributed by atoms with Crippen LogP contribution < -0.4 is 19.2 Å². The summed E-state index contributed by atoms with van der Waals surface area (Å²) in [5.41, 5.74) is 3.51. The maximum Gasteiger partial charge on any atom is 0.264 e. The van der Waals surface area contributed by atoms with Gasteiger partial charge in [0.25, 0.3) is 15.9 Å². The highest BCUT2D eigenvalue weighted by molar-refractivity contribution is 7.92. The molecule has 0 fully saturated rings. The molecule has 0 radical (unpaired) electrons. The summed E-state index contributed by atoms with van der Waals surface area (Å²) in [6.45, 7) is -0.465. The number of carbonyl (C=O) groups is 1. The SMILES string of the molecule is COc1ccc(S(=O)(=O)N(CC(=O)N/N=C\c2ccccc2)c2ccccc2)cc1OC. The molecular weight excluding hydrogens is 430 g/mol. The minimum absolute atomic E-state index is 0.0420. The maximum atomic E-state index is 13.4. The second kappa shape index (κ2) is 10.5. The normalized spacial score (nSPS) is 11.2. The molecule has 0 heterocycles. The van der Waals surface area contributed by atoms with E-state index in [1.807, 2.05) is 30.3 Å². The molecule has 8 nitrogen and oxygen atoms in total. The molecule has 0 saturated carbocycles. The fraction of sp³-hybridized carbons (Fsp3) is 0.130. The van der Waals surface area contributed by atoms with Gasteiger partial charge in [-0.1, -0.05) is 48.5 Å². The Morgan fingerprint density at radius 1 is 0.938 bits per heavy atom. The summed E-state index contributed by atoms with van der Waals surface area (Å²) in [4.78, 5) is 12.5. The van der Waals surface area contributed by atoms with Crippen molar-refractivity contribution in [2.24, 2.45) is 5.10 Å². The van der Waals surface area contributed by atoms with Gasteiger partial charge in [-0.05, 0) is 29.8 Å². The van der Waals surface area contributed by atoms with E-state index in [1.165, 1.54) is 38.6 Å². The first-order chi connectivity index (χ1) is 15.5. The molecule has 0 aliphatic rings. The van der Waals surface area contributed by atoms with Crippen LogP contribution in [0.1, 0.15) is 5.56 Å². The fourth-order valence-corrected chi connectivity index (χ4v) is 4.33. The molecule has 0 atom stereocenters. The molecule has 3 aromatic rings. The monoisotopic (exact) mass is 453 g/mol. The van der Waals surface area contributed by atoms with Gasteiger partial charge < -0.3 is 9.47 Å². The Bertz CT molecular complexity index is 1180. The summed E-state index contributed by atoms with van der Waals surface area (Å²) in [6, 6.07) is 21.8. The van der Waals surface area contributed by atoms with E-state index in [9.17, 15) is 13.2 Å². The number of sulfonamides is 1. The van der Waals surface area contributed by atoms with Crippen molar-refractivity contribution in [2.75, 3.05) is 25.1 Å². The lowest BCUT2D eigenvalue weighted by molar-refractivity contribution is -0.119. The Hall–Kier alpha value is -3.85. The lowest BCUT2D eigenvalue weighted by Crippen LogP contribution is -2.39. The number of benzene rings is 3. The molecule has 0 unspecified atom stereocenters. The summed E-state index contributed by atoms with van der Waals surface area (Å²) >= 11 is 0. The molecule has 1 N–H and O–H groups in total. The van der Waals surface area contributed by atoms with Crippen LogP contribution in [0.5, 0.6) is 11.5 Å². The topological polar surface area (TPSA) is 97.3 Å². The van der Waals surface area contributed by atoms with Crippen molar-refractivity contribution < 1.29 is 22.7 Å². The lowest BCUT2D eigenvalue weighted by atomic mass is 10.2. The third-order valence-corrected chi connectivity index (χ3v) is 6.25. The van der Waals surface area contributed by atoms with Crippen LogP contribution in [0.2, 0.25) is 0 Å². The van der Waals surface area contributed by atoms with Crippen LogP contribution in [0.25, 0.3) is 0 Å². The van der Waals surface area contributed by atoms with Gasteiger partial charge >= 0.3 is 0 Å². The van der Waals surface area contributed by atoms with E-state index in [0.29, 0.717) is 11.4 Å². The van der Waals surface area contributed by atoms with E-state index in [4.69, 9.17) is 9.47 Å². The van der Waals surface area contributed by atoms with Crippen molar-refractivity contribution in [1.29, 1.82) is 0 Å². The zero-order valence-electron chi connectivity index (χ0n) is 17.6. The zero-order chi connectivity index (χ0) is 23.0. The maximum absolute atomic E-state index is 13.4. The third kappa shape index (κ3) is 5.44. The minimum atomic E-state index is -4.10. The van der Waals surface area contributed by atoms with Crippen molar-refractivity contribution in [1.82, 2.24) is 5.43 Å². The molecule has 0 saturated heterocycles. The van der Waals surface area contributed by atoms with Gasteiger partial charge in [0, 0.05) is 6.07 Å². The molecular formula is C23H23N3O5S. The van der Waals surface area contributed by atoms with Crippen molar-refractivity contribution in [2.45, 2.75) is 4.90 Å². The standard InChI is InChI=1S/C23H23N3O5S/c1-30-21-14-13-20(15-22(21)31-2)32(28,29)26(19-11-7-4-8-12-19)17-23(27)25-24-16-18-9-5-3-6-10-18/h3-16H,17H2,1-2H3,(H,25,27)/b24-16-. The average molecular weight is 454 g/mol. The molecule has 32 heavy (non-hydrogen) atoms. The number of para-hydroxylation sites is 1. The molecule has 9 heteroatoms. The number of nitrogens with zero attached hydrogens (tertiary/aromatic N) is 2. The Morgan fingerprint density at radius 3 is 2.19 bits per heavy atom. The first-order valence-corrected chi connectivity index (χ1v) is 11.1. The number of anilines is 1. The summed E-state index contributed by atoms with van der Waals surface area (Å²) in [6.07, 6.45) is 1.48. The molecule has 0 bridgehead atoms. The summed E-state index contributed by atoms with van der Waals surface area (Å²) in [7, 11) is -1.22. The smallest absolute Gasteiger partial charge is 0.264 e. The quantitative estimate of drug-likeness (QED) is 0.397. The Kier molecular flexibility index (Phi) is 7.45. The van der Waals surface area contributed by atoms with Gasteiger partial charge in [0.05, 0.1) is 31.0 Å². The van der Waals surface area contributed by atoms with Crippen molar-refractivity contribution in [3.63, 3.8) is 0 Å². The van der Waals surface area contributed by atoms with Crippen LogP contribution in [0.4, 0.5) is 5.69 Å². The highest BCUT2D eigenvalue weighted by atomic mass is 32.2. The van der Waals surface area contributed by atoms with Gasteiger partial charge in [0.1, 0.15) is 6.54 Å². The molecule has 0 aromatic heterocycles. The van der Waals surface area contributed by atoms with Gasteiger partial charge in [-0.25, -0.2) is 13.8 Å². The largest absolute Gasteiger partial charge is 0.493 e. The molecule has 0 aliphatic heterocycles. The van der Waals surface area contributed by atoms with Gasteiger partial charge in [-0.3, -0.25) is 9.10 Å². The van der Waals surface area contributed by atoms with E-state index in [0.717, 1.165) is 9.87 Å². The second-order valence-corrected chi connectivity index (χ2v) is 8.43. The van der Waals surface area contributed by atoms with Crippen LogP contribution in [-0.4, -0.2) is 41.3 Å². The van der Waals surface area contributed by atoms with Crippen molar-refractivity contribution in [3.05, 3.63) is 84.4 Å².